The number of thiophene rings is 1. The van der Waals surface area contributed by atoms with E-state index in [0.717, 1.165) is 27.4 Å². The lowest BCUT2D eigenvalue weighted by Crippen LogP contribution is -2.27. The summed E-state index contributed by atoms with van der Waals surface area (Å²) in [5, 5.41) is 7.66. The molecule has 1 aromatic heterocycles. The van der Waals surface area contributed by atoms with Gasteiger partial charge >= 0.3 is 0 Å². The van der Waals surface area contributed by atoms with Gasteiger partial charge in [0.05, 0.1) is 10.7 Å². The zero-order valence-corrected chi connectivity index (χ0v) is 22.3. The maximum atomic E-state index is 13.8. The first-order chi connectivity index (χ1) is 17.8. The molecule has 1 atom stereocenters. The van der Waals surface area contributed by atoms with Gasteiger partial charge in [-0.25, -0.2) is 0 Å². The molecule has 1 aliphatic heterocycles. The van der Waals surface area contributed by atoms with Gasteiger partial charge in [-0.05, 0) is 44.0 Å². The number of allylic oxidation sites excluding steroid dienone is 1. The molecular weight excluding hydrogens is 502 g/mol. The van der Waals surface area contributed by atoms with Gasteiger partial charge in [-0.15, -0.1) is 11.3 Å². The van der Waals surface area contributed by atoms with E-state index in [2.05, 4.69) is 10.6 Å². The fourth-order valence-electron chi connectivity index (χ4n) is 4.66. The number of ketones is 1. The first-order valence-corrected chi connectivity index (χ1v) is 13.1. The number of fused-ring (bicyclic) bond motifs is 1. The van der Waals surface area contributed by atoms with Gasteiger partial charge in [0.15, 0.2) is 0 Å². The molecule has 4 aromatic rings. The SMILES string of the molecule is CC1=C(C(=O)Nc2ccccc2C)C(c2ccccc2Cl)c2c(sc(C(=O)c3ccc(C)cc3)c2N)N1. The highest BCUT2D eigenvalue weighted by Gasteiger charge is 2.38. The van der Waals surface area contributed by atoms with E-state index in [-0.39, 0.29) is 11.7 Å². The predicted molar refractivity (Wildman–Crippen MR) is 153 cm³/mol. The second-order valence-corrected chi connectivity index (χ2v) is 10.6. The number of hydrogen-bond acceptors (Lipinski definition) is 5. The second kappa shape index (κ2) is 9.88. The molecule has 1 unspecified atom stereocenters. The maximum absolute atomic E-state index is 13.8. The number of anilines is 3. The summed E-state index contributed by atoms with van der Waals surface area (Å²) < 4.78 is 0. The van der Waals surface area contributed by atoms with E-state index in [9.17, 15) is 9.59 Å². The molecule has 2 heterocycles. The van der Waals surface area contributed by atoms with Crippen molar-refractivity contribution in [2.24, 2.45) is 0 Å². The van der Waals surface area contributed by atoms with Gasteiger partial charge in [-0.2, -0.15) is 0 Å². The molecule has 0 aliphatic carbocycles. The number of aryl methyl sites for hydroxylation is 2. The third-order valence-electron chi connectivity index (χ3n) is 6.64. The van der Waals surface area contributed by atoms with Crippen LogP contribution in [-0.4, -0.2) is 11.7 Å². The molecule has 37 heavy (non-hydrogen) atoms. The summed E-state index contributed by atoms with van der Waals surface area (Å²) >= 11 is 7.98. The molecule has 5 rings (SSSR count). The summed E-state index contributed by atoms with van der Waals surface area (Å²) in [4.78, 5) is 27.7. The Morgan fingerprint density at radius 1 is 0.946 bits per heavy atom. The van der Waals surface area contributed by atoms with E-state index in [4.69, 9.17) is 17.3 Å². The zero-order valence-electron chi connectivity index (χ0n) is 20.7. The van der Waals surface area contributed by atoms with Crippen LogP contribution in [0.5, 0.6) is 0 Å². The summed E-state index contributed by atoms with van der Waals surface area (Å²) in [6, 6.07) is 22.5. The highest BCUT2D eigenvalue weighted by molar-refractivity contribution is 7.19. The van der Waals surface area contributed by atoms with Crippen LogP contribution in [0.4, 0.5) is 16.4 Å². The van der Waals surface area contributed by atoms with E-state index in [1.165, 1.54) is 11.3 Å². The number of rotatable bonds is 5. The smallest absolute Gasteiger partial charge is 0.254 e. The Balaban J connectivity index is 1.64. The molecule has 7 heteroatoms. The molecule has 0 radical (unpaired) electrons. The van der Waals surface area contributed by atoms with Crippen LogP contribution in [0.25, 0.3) is 0 Å². The van der Waals surface area contributed by atoms with Crippen LogP contribution in [-0.2, 0) is 4.79 Å². The number of nitrogen functional groups attached to an aromatic ring is 1. The first kappa shape index (κ1) is 24.8. The van der Waals surface area contributed by atoms with Gasteiger partial charge in [-0.3, -0.25) is 9.59 Å². The van der Waals surface area contributed by atoms with E-state index in [1.807, 2.05) is 75.4 Å². The van der Waals surface area contributed by atoms with Gasteiger partial charge < -0.3 is 16.4 Å². The monoisotopic (exact) mass is 527 g/mol. The van der Waals surface area contributed by atoms with Crippen LogP contribution in [0.3, 0.4) is 0 Å². The van der Waals surface area contributed by atoms with Gasteiger partial charge in [0.2, 0.25) is 5.78 Å². The van der Waals surface area contributed by atoms with Crippen LogP contribution in [0, 0.1) is 13.8 Å². The van der Waals surface area contributed by atoms with Crippen molar-refractivity contribution in [2.45, 2.75) is 26.7 Å². The largest absolute Gasteiger partial charge is 0.397 e. The first-order valence-electron chi connectivity index (χ1n) is 11.9. The Morgan fingerprint density at radius 2 is 1.62 bits per heavy atom. The molecule has 0 saturated heterocycles. The van der Waals surface area contributed by atoms with Crippen molar-refractivity contribution in [1.29, 1.82) is 0 Å². The number of hydrogen-bond donors (Lipinski definition) is 3. The van der Waals surface area contributed by atoms with Crippen molar-refractivity contribution < 1.29 is 9.59 Å². The number of carbonyl (C=O) groups excluding carboxylic acids is 2. The number of para-hydroxylation sites is 1. The van der Waals surface area contributed by atoms with Crippen LogP contribution < -0.4 is 16.4 Å². The Kier molecular flexibility index (Phi) is 6.63. The highest BCUT2D eigenvalue weighted by atomic mass is 35.5. The summed E-state index contributed by atoms with van der Waals surface area (Å²) in [6.07, 6.45) is 0. The molecule has 0 saturated carbocycles. The molecule has 5 nitrogen and oxygen atoms in total. The Morgan fingerprint density at radius 3 is 2.32 bits per heavy atom. The van der Waals surface area contributed by atoms with E-state index in [0.29, 0.717) is 38.0 Å². The van der Waals surface area contributed by atoms with Crippen LogP contribution in [0.15, 0.2) is 84.1 Å². The number of carbonyl (C=O) groups is 2. The molecule has 1 amide bonds. The minimum absolute atomic E-state index is 0.153. The second-order valence-electron chi connectivity index (χ2n) is 9.17. The van der Waals surface area contributed by atoms with Crippen LogP contribution in [0.1, 0.15) is 50.3 Å². The molecule has 0 spiro atoms. The van der Waals surface area contributed by atoms with Crippen molar-refractivity contribution in [2.75, 3.05) is 16.4 Å². The standard InChI is InChI=1S/C30H26ClN3O2S/c1-16-12-14-19(15-13-16)27(35)28-26(32)25-24(20-9-5-6-10-21(20)31)23(18(3)33-30(25)37-28)29(36)34-22-11-7-4-8-17(22)2/h4-15,24,33H,32H2,1-3H3,(H,34,36). The van der Waals surface area contributed by atoms with E-state index in [1.54, 1.807) is 18.2 Å². The average molecular weight is 528 g/mol. The molecule has 3 aromatic carbocycles. The highest BCUT2D eigenvalue weighted by Crippen LogP contribution is 2.51. The fourth-order valence-corrected chi connectivity index (χ4v) is 6.08. The van der Waals surface area contributed by atoms with E-state index < -0.39 is 5.92 Å². The number of halogens is 1. The third kappa shape index (κ3) is 4.54. The quantitative estimate of drug-likeness (QED) is 0.238. The fraction of sp³-hybridized carbons (Fsp3) is 0.133. The zero-order chi connectivity index (χ0) is 26.3. The number of benzene rings is 3. The predicted octanol–water partition coefficient (Wildman–Crippen LogP) is 7.30. The van der Waals surface area contributed by atoms with Gasteiger partial charge in [0.25, 0.3) is 5.91 Å². The lowest BCUT2D eigenvalue weighted by Gasteiger charge is -2.29. The van der Waals surface area contributed by atoms with E-state index >= 15 is 0 Å². The van der Waals surface area contributed by atoms with Gasteiger partial charge in [-0.1, -0.05) is 77.8 Å². The Hall–Kier alpha value is -3.87. The van der Waals surface area contributed by atoms with Crippen molar-refractivity contribution in [3.8, 4) is 0 Å². The molecule has 186 valence electrons. The van der Waals surface area contributed by atoms with Crippen molar-refractivity contribution in [3.63, 3.8) is 0 Å². The van der Waals surface area contributed by atoms with Crippen molar-refractivity contribution in [3.05, 3.63) is 122 Å². The lowest BCUT2D eigenvalue weighted by atomic mass is 9.81. The third-order valence-corrected chi connectivity index (χ3v) is 8.12. The number of nitrogens with two attached hydrogens (primary N) is 1. The Labute approximate surface area is 225 Å². The summed E-state index contributed by atoms with van der Waals surface area (Å²) in [7, 11) is 0. The normalized spacial score (nSPS) is 14.6. The minimum atomic E-state index is -0.551. The van der Waals surface area contributed by atoms with Gasteiger partial charge in [0, 0.05) is 39.0 Å². The average Bonchev–Trinajstić information content (AvgIpc) is 3.20. The summed E-state index contributed by atoms with van der Waals surface area (Å²) in [5.41, 5.74) is 13.0. The van der Waals surface area contributed by atoms with Crippen LogP contribution >= 0.6 is 22.9 Å². The topological polar surface area (TPSA) is 84.2 Å². The summed E-state index contributed by atoms with van der Waals surface area (Å²) in [5.74, 6) is -0.961. The summed E-state index contributed by atoms with van der Waals surface area (Å²) in [6.45, 7) is 5.78. The minimum Gasteiger partial charge on any atom is -0.397 e. The number of nitrogens with one attached hydrogen (secondary N) is 2. The lowest BCUT2D eigenvalue weighted by molar-refractivity contribution is -0.113. The molecule has 4 N–H and O–H groups in total. The molecular formula is C30H26ClN3O2S. The molecule has 0 bridgehead atoms. The molecule has 0 fully saturated rings. The van der Waals surface area contributed by atoms with Gasteiger partial charge in [0.1, 0.15) is 4.88 Å². The number of amides is 1. The maximum Gasteiger partial charge on any atom is 0.254 e. The van der Waals surface area contributed by atoms with Crippen molar-refractivity contribution in [1.82, 2.24) is 0 Å². The Bertz CT molecular complexity index is 1570. The van der Waals surface area contributed by atoms with Crippen LogP contribution in [0.2, 0.25) is 5.02 Å². The van der Waals surface area contributed by atoms with Crippen molar-refractivity contribution >= 4 is 51.0 Å². The molecule has 1 aliphatic rings.